The van der Waals surface area contributed by atoms with E-state index in [4.69, 9.17) is 9.47 Å². The lowest BCUT2D eigenvalue weighted by molar-refractivity contribution is -0.180. The van der Waals surface area contributed by atoms with Crippen molar-refractivity contribution in [2.24, 2.45) is 10.8 Å². The van der Waals surface area contributed by atoms with Crippen LogP contribution in [0.4, 0.5) is 0 Å². The van der Waals surface area contributed by atoms with Crippen molar-refractivity contribution in [2.45, 2.75) is 27.2 Å². The highest BCUT2D eigenvalue weighted by Gasteiger charge is 2.48. The predicted octanol–water partition coefficient (Wildman–Crippen LogP) is 1.14. The molecule has 0 aromatic carbocycles. The molecule has 0 saturated carbocycles. The van der Waals surface area contributed by atoms with Gasteiger partial charge in [-0.15, -0.1) is 0 Å². The molecule has 4 heteroatoms. The Morgan fingerprint density at radius 3 is 2.43 bits per heavy atom. The lowest BCUT2D eigenvalue weighted by Gasteiger charge is -2.38. The van der Waals surface area contributed by atoms with Crippen LogP contribution in [-0.4, -0.2) is 25.7 Å². The number of carbonyl (C=O) groups excluding carboxylic acids is 2. The summed E-state index contributed by atoms with van der Waals surface area (Å²) in [7, 11) is 1.34. The van der Waals surface area contributed by atoms with Crippen molar-refractivity contribution >= 4 is 11.9 Å². The smallest absolute Gasteiger partial charge is 0.315 e. The highest BCUT2D eigenvalue weighted by Crippen LogP contribution is 2.40. The average molecular weight is 200 g/mol. The summed E-state index contributed by atoms with van der Waals surface area (Å²) in [6, 6.07) is 0. The Morgan fingerprint density at radius 1 is 1.43 bits per heavy atom. The second-order valence-electron chi connectivity index (χ2n) is 4.69. The third kappa shape index (κ3) is 1.74. The van der Waals surface area contributed by atoms with E-state index in [0.717, 1.165) is 0 Å². The molecule has 0 aromatic heterocycles. The molecule has 1 aliphatic rings. The zero-order valence-corrected chi connectivity index (χ0v) is 9.05. The van der Waals surface area contributed by atoms with Crippen LogP contribution in [0.5, 0.6) is 0 Å². The van der Waals surface area contributed by atoms with E-state index >= 15 is 0 Å². The van der Waals surface area contributed by atoms with Crippen molar-refractivity contribution in [2.75, 3.05) is 13.7 Å². The van der Waals surface area contributed by atoms with Crippen molar-refractivity contribution in [3.63, 3.8) is 0 Å². The van der Waals surface area contributed by atoms with Crippen LogP contribution in [0, 0.1) is 10.8 Å². The number of hydrogen-bond acceptors (Lipinski definition) is 4. The minimum atomic E-state index is -0.702. The molecule has 1 atom stereocenters. The molecule has 4 nitrogen and oxygen atoms in total. The topological polar surface area (TPSA) is 52.6 Å². The predicted molar refractivity (Wildman–Crippen MR) is 49.5 cm³/mol. The maximum absolute atomic E-state index is 11.5. The third-order valence-electron chi connectivity index (χ3n) is 2.58. The molecule has 0 amide bonds. The van der Waals surface area contributed by atoms with Crippen LogP contribution in [-0.2, 0) is 19.1 Å². The zero-order chi connectivity index (χ0) is 11.0. The normalized spacial score (nSPS) is 30.7. The number of carbonyl (C=O) groups is 2. The Bertz CT molecular complexity index is 269. The maximum Gasteiger partial charge on any atom is 0.315 e. The van der Waals surface area contributed by atoms with E-state index in [-0.39, 0.29) is 18.5 Å². The number of rotatable bonds is 1. The van der Waals surface area contributed by atoms with Gasteiger partial charge in [-0.3, -0.25) is 9.59 Å². The van der Waals surface area contributed by atoms with E-state index in [2.05, 4.69) is 0 Å². The molecule has 0 N–H and O–H groups in total. The molecule has 0 aliphatic carbocycles. The molecular weight excluding hydrogens is 184 g/mol. The molecule has 1 heterocycles. The van der Waals surface area contributed by atoms with Crippen molar-refractivity contribution in [1.29, 1.82) is 0 Å². The first-order valence-electron chi connectivity index (χ1n) is 4.57. The first-order valence-corrected chi connectivity index (χ1v) is 4.57. The van der Waals surface area contributed by atoms with E-state index in [0.29, 0.717) is 6.42 Å². The molecule has 14 heavy (non-hydrogen) atoms. The number of hydrogen-bond donors (Lipinski definition) is 0. The summed E-state index contributed by atoms with van der Waals surface area (Å²) in [4.78, 5) is 22.8. The molecule has 1 fully saturated rings. The number of ether oxygens (including phenoxy) is 2. The average Bonchev–Trinajstić information content (AvgIpc) is 2.10. The maximum atomic E-state index is 11.5. The Balaban J connectivity index is 2.86. The Labute approximate surface area is 83.6 Å². The lowest BCUT2D eigenvalue weighted by Crippen LogP contribution is -2.47. The monoisotopic (exact) mass is 200 g/mol. The molecular formula is C10H16O4. The van der Waals surface area contributed by atoms with E-state index in [9.17, 15) is 9.59 Å². The van der Waals surface area contributed by atoms with Gasteiger partial charge in [0.15, 0.2) is 0 Å². The largest absolute Gasteiger partial charge is 0.469 e. The summed E-state index contributed by atoms with van der Waals surface area (Å²) in [6.45, 7) is 5.42. The molecule has 80 valence electrons. The Hall–Kier alpha value is -1.06. The molecule has 1 aliphatic heterocycles. The van der Waals surface area contributed by atoms with E-state index < -0.39 is 10.8 Å². The van der Waals surface area contributed by atoms with Crippen molar-refractivity contribution < 1.29 is 19.1 Å². The SMILES string of the molecule is COC(=O)C1(C)COC(=O)C(C)(C)C1. The summed E-state index contributed by atoms with van der Waals surface area (Å²) in [6.07, 6.45) is 0.464. The fourth-order valence-electron chi connectivity index (χ4n) is 1.90. The fraction of sp³-hybridized carbons (Fsp3) is 0.800. The molecule has 0 spiro atoms. The van der Waals surface area contributed by atoms with Crippen LogP contribution < -0.4 is 0 Å². The summed E-state index contributed by atoms with van der Waals surface area (Å²) in [5.74, 6) is -0.572. The van der Waals surface area contributed by atoms with Crippen LogP contribution >= 0.6 is 0 Å². The van der Waals surface area contributed by atoms with Crippen molar-refractivity contribution in [3.8, 4) is 0 Å². The summed E-state index contributed by atoms with van der Waals surface area (Å²) in [5, 5.41) is 0. The lowest BCUT2D eigenvalue weighted by atomic mass is 9.72. The molecule has 0 bridgehead atoms. The van der Waals surface area contributed by atoms with Gasteiger partial charge in [0.05, 0.1) is 12.5 Å². The van der Waals surface area contributed by atoms with Crippen LogP contribution in [0.25, 0.3) is 0 Å². The molecule has 1 unspecified atom stereocenters. The number of methoxy groups -OCH3 is 1. The highest BCUT2D eigenvalue weighted by molar-refractivity contribution is 5.82. The standard InChI is InChI=1S/C10H16O4/c1-9(2)5-10(3,8(12)13-4)6-14-7(9)11/h5-6H2,1-4H3. The van der Waals surface area contributed by atoms with Gasteiger partial charge in [0, 0.05) is 0 Å². The van der Waals surface area contributed by atoms with Crippen molar-refractivity contribution in [1.82, 2.24) is 0 Å². The second kappa shape index (κ2) is 3.26. The van der Waals surface area contributed by atoms with Crippen LogP contribution in [0.15, 0.2) is 0 Å². The van der Waals surface area contributed by atoms with Gasteiger partial charge in [-0.2, -0.15) is 0 Å². The van der Waals surface area contributed by atoms with Crippen molar-refractivity contribution in [3.05, 3.63) is 0 Å². The summed E-state index contributed by atoms with van der Waals surface area (Å²) in [5.41, 5.74) is -1.31. The molecule has 0 aromatic rings. The van der Waals surface area contributed by atoms with Gasteiger partial charge in [0.2, 0.25) is 0 Å². The first kappa shape index (κ1) is 11.0. The summed E-state index contributed by atoms with van der Waals surface area (Å²) < 4.78 is 9.68. The van der Waals surface area contributed by atoms with Gasteiger partial charge in [-0.1, -0.05) is 0 Å². The number of cyclic esters (lactones) is 1. The van der Waals surface area contributed by atoms with Crippen LogP contribution in [0.3, 0.4) is 0 Å². The second-order valence-corrected chi connectivity index (χ2v) is 4.69. The van der Waals surface area contributed by atoms with Gasteiger partial charge in [0.25, 0.3) is 0 Å². The van der Waals surface area contributed by atoms with E-state index in [1.165, 1.54) is 7.11 Å². The van der Waals surface area contributed by atoms with Crippen LogP contribution in [0.2, 0.25) is 0 Å². The van der Waals surface area contributed by atoms with Gasteiger partial charge in [-0.05, 0) is 27.2 Å². The van der Waals surface area contributed by atoms with Gasteiger partial charge in [0.1, 0.15) is 12.0 Å². The quantitative estimate of drug-likeness (QED) is 0.595. The van der Waals surface area contributed by atoms with Gasteiger partial charge in [-0.25, -0.2) is 0 Å². The highest BCUT2D eigenvalue weighted by atomic mass is 16.5. The van der Waals surface area contributed by atoms with E-state index in [1.807, 2.05) is 0 Å². The summed E-state index contributed by atoms with van der Waals surface area (Å²) >= 11 is 0. The Morgan fingerprint density at radius 2 is 2.00 bits per heavy atom. The zero-order valence-electron chi connectivity index (χ0n) is 9.05. The molecule has 1 saturated heterocycles. The number of esters is 2. The van der Waals surface area contributed by atoms with Gasteiger partial charge < -0.3 is 9.47 Å². The minimum absolute atomic E-state index is 0.113. The van der Waals surface area contributed by atoms with Crippen LogP contribution in [0.1, 0.15) is 27.2 Å². The van der Waals surface area contributed by atoms with E-state index in [1.54, 1.807) is 20.8 Å². The molecule has 1 rings (SSSR count). The first-order chi connectivity index (χ1) is 6.32. The third-order valence-corrected chi connectivity index (χ3v) is 2.58. The van der Waals surface area contributed by atoms with Gasteiger partial charge >= 0.3 is 11.9 Å². The Kier molecular flexibility index (Phi) is 2.56. The molecule has 0 radical (unpaired) electrons. The fourth-order valence-corrected chi connectivity index (χ4v) is 1.90. The minimum Gasteiger partial charge on any atom is -0.469 e.